The second kappa shape index (κ2) is 10.2. The first-order valence-corrected chi connectivity index (χ1v) is 10.5. The number of likely N-dealkylation sites (tertiary alicyclic amines) is 1. The number of fused-ring (bicyclic) bond motifs is 1. The molecule has 2 heterocycles. The minimum Gasteiger partial charge on any atom is -0.323 e. The van der Waals surface area contributed by atoms with Crippen molar-refractivity contribution in [1.29, 1.82) is 0 Å². The fourth-order valence-corrected chi connectivity index (χ4v) is 3.68. The van der Waals surface area contributed by atoms with E-state index in [-0.39, 0.29) is 18.5 Å². The van der Waals surface area contributed by atoms with Gasteiger partial charge in [0.25, 0.3) is 5.91 Å². The van der Waals surface area contributed by atoms with Crippen LogP contribution in [-0.2, 0) is 9.59 Å². The number of hydrogen-bond donors (Lipinski definition) is 3. The molecule has 2 aromatic rings. The summed E-state index contributed by atoms with van der Waals surface area (Å²) < 4.78 is 0. The predicted molar refractivity (Wildman–Crippen MR) is 116 cm³/mol. The van der Waals surface area contributed by atoms with Crippen LogP contribution in [0.15, 0.2) is 36.5 Å². The highest BCUT2D eigenvalue weighted by Gasteiger charge is 2.36. The smallest absolute Gasteiger partial charge is 0.321 e. The average molecular weight is 428 g/mol. The van der Waals surface area contributed by atoms with Gasteiger partial charge in [0, 0.05) is 18.5 Å². The molecule has 0 unspecified atom stereocenters. The Morgan fingerprint density at radius 1 is 1.29 bits per heavy atom. The topological polar surface area (TPSA) is 115 Å². The van der Waals surface area contributed by atoms with Gasteiger partial charge >= 0.3 is 6.03 Å². The van der Waals surface area contributed by atoms with E-state index in [0.717, 1.165) is 10.9 Å². The Morgan fingerprint density at radius 2 is 2.06 bits per heavy atom. The van der Waals surface area contributed by atoms with Crippen LogP contribution in [0.5, 0.6) is 0 Å². The molecule has 0 bridgehead atoms. The van der Waals surface area contributed by atoms with Crippen LogP contribution in [0.4, 0.5) is 10.5 Å². The molecule has 31 heavy (non-hydrogen) atoms. The Kier molecular flexibility index (Phi) is 7.41. The number of aromatic nitrogens is 1. The molecule has 0 spiro atoms. The van der Waals surface area contributed by atoms with E-state index in [1.165, 1.54) is 9.80 Å². The number of hydrogen-bond acceptors (Lipinski definition) is 5. The number of urea groups is 1. The molecule has 1 aromatic heterocycles. The summed E-state index contributed by atoms with van der Waals surface area (Å²) in [5, 5.41) is 12.6. The van der Waals surface area contributed by atoms with Crippen molar-refractivity contribution >= 4 is 34.4 Å². The van der Waals surface area contributed by atoms with Gasteiger partial charge < -0.3 is 15.1 Å². The molecule has 9 nitrogen and oxygen atoms in total. The van der Waals surface area contributed by atoms with E-state index in [2.05, 4.69) is 10.3 Å². The molecule has 3 N–H and O–H groups in total. The second-order valence-electron chi connectivity index (χ2n) is 8.18. The van der Waals surface area contributed by atoms with Crippen LogP contribution in [-0.4, -0.2) is 63.5 Å². The van der Waals surface area contributed by atoms with Crippen molar-refractivity contribution in [3.05, 3.63) is 36.5 Å². The number of rotatable bonds is 7. The van der Waals surface area contributed by atoms with Gasteiger partial charge in [-0.25, -0.2) is 10.3 Å². The van der Waals surface area contributed by atoms with E-state index in [9.17, 15) is 14.4 Å². The van der Waals surface area contributed by atoms with Gasteiger partial charge in [-0.15, -0.1) is 0 Å². The molecule has 1 aliphatic rings. The minimum absolute atomic E-state index is 0.262. The summed E-state index contributed by atoms with van der Waals surface area (Å²) in [6.07, 6.45) is 3.55. The maximum Gasteiger partial charge on any atom is 0.321 e. The Morgan fingerprint density at radius 3 is 2.81 bits per heavy atom. The minimum atomic E-state index is -0.667. The first-order chi connectivity index (χ1) is 14.9. The SMILES string of the molecule is CC(C)CCN(CC(=O)NO)C(=O)N1CCC[C@H]1C(=O)Nc1cnc2ccccc2c1. The number of anilines is 1. The van der Waals surface area contributed by atoms with Crippen molar-refractivity contribution in [2.75, 3.05) is 25.0 Å². The Labute approximate surface area is 181 Å². The van der Waals surface area contributed by atoms with Gasteiger partial charge in [-0.05, 0) is 37.3 Å². The highest BCUT2D eigenvalue weighted by atomic mass is 16.5. The summed E-state index contributed by atoms with van der Waals surface area (Å²) in [6, 6.07) is 8.46. The molecule has 0 saturated carbocycles. The van der Waals surface area contributed by atoms with Crippen LogP contribution in [0.2, 0.25) is 0 Å². The molecule has 4 amide bonds. The summed E-state index contributed by atoms with van der Waals surface area (Å²) >= 11 is 0. The molecule has 3 rings (SSSR count). The van der Waals surface area contributed by atoms with Crippen molar-refractivity contribution in [2.45, 2.75) is 39.2 Å². The summed E-state index contributed by atoms with van der Waals surface area (Å²) in [7, 11) is 0. The average Bonchev–Trinajstić information content (AvgIpc) is 3.25. The van der Waals surface area contributed by atoms with Crippen molar-refractivity contribution in [3.63, 3.8) is 0 Å². The van der Waals surface area contributed by atoms with E-state index >= 15 is 0 Å². The van der Waals surface area contributed by atoms with Gasteiger partial charge in [0.15, 0.2) is 0 Å². The molecule has 1 saturated heterocycles. The third-order valence-electron chi connectivity index (χ3n) is 5.37. The molecule has 1 aliphatic heterocycles. The number of nitrogens with zero attached hydrogens (tertiary/aromatic N) is 3. The van der Waals surface area contributed by atoms with E-state index in [1.54, 1.807) is 11.7 Å². The van der Waals surface area contributed by atoms with Crippen LogP contribution in [0, 0.1) is 5.92 Å². The van der Waals surface area contributed by atoms with E-state index in [1.807, 2.05) is 44.2 Å². The Hall–Kier alpha value is -3.20. The van der Waals surface area contributed by atoms with Gasteiger partial charge in [-0.3, -0.25) is 19.8 Å². The zero-order chi connectivity index (χ0) is 22.4. The first-order valence-electron chi connectivity index (χ1n) is 10.5. The van der Waals surface area contributed by atoms with Gasteiger partial charge in [0.05, 0.1) is 17.4 Å². The summed E-state index contributed by atoms with van der Waals surface area (Å²) in [6.45, 7) is 4.59. The first kappa shape index (κ1) is 22.5. The highest BCUT2D eigenvalue weighted by molar-refractivity contribution is 5.98. The standard InChI is InChI=1S/C22H29N5O4/c1-15(2)9-11-26(14-20(28)25-31)22(30)27-10-5-8-19(27)21(29)24-17-12-16-6-3-4-7-18(16)23-13-17/h3-4,6-7,12-13,15,19,31H,5,8-11,14H2,1-2H3,(H,24,29)(H,25,28)/t19-/m0/s1. The van der Waals surface area contributed by atoms with Crippen molar-refractivity contribution < 1.29 is 19.6 Å². The van der Waals surface area contributed by atoms with Gasteiger partial charge in [0.1, 0.15) is 12.6 Å². The van der Waals surface area contributed by atoms with E-state index in [4.69, 9.17) is 5.21 Å². The lowest BCUT2D eigenvalue weighted by molar-refractivity contribution is -0.129. The van der Waals surface area contributed by atoms with Crippen molar-refractivity contribution in [2.24, 2.45) is 5.92 Å². The zero-order valence-electron chi connectivity index (χ0n) is 17.9. The highest BCUT2D eigenvalue weighted by Crippen LogP contribution is 2.22. The molecular weight excluding hydrogens is 398 g/mol. The normalized spacial score (nSPS) is 15.9. The van der Waals surface area contributed by atoms with Crippen molar-refractivity contribution in [3.8, 4) is 0 Å². The van der Waals surface area contributed by atoms with Gasteiger partial charge in [0.2, 0.25) is 5.91 Å². The van der Waals surface area contributed by atoms with E-state index in [0.29, 0.717) is 44.0 Å². The Bertz CT molecular complexity index is 948. The molecular formula is C22H29N5O4. The largest absolute Gasteiger partial charge is 0.323 e. The third-order valence-corrected chi connectivity index (χ3v) is 5.37. The summed E-state index contributed by atoms with van der Waals surface area (Å²) in [5.41, 5.74) is 2.98. The lowest BCUT2D eigenvalue weighted by Gasteiger charge is -2.31. The van der Waals surface area contributed by atoms with Crippen LogP contribution >= 0.6 is 0 Å². The molecule has 0 radical (unpaired) electrons. The molecule has 0 aliphatic carbocycles. The van der Waals surface area contributed by atoms with Crippen LogP contribution < -0.4 is 10.8 Å². The number of pyridine rings is 1. The van der Waals surface area contributed by atoms with Crippen LogP contribution in [0.25, 0.3) is 10.9 Å². The zero-order valence-corrected chi connectivity index (χ0v) is 17.9. The molecule has 1 aromatic carbocycles. The number of amides is 4. The number of hydroxylamine groups is 1. The monoisotopic (exact) mass is 427 g/mol. The van der Waals surface area contributed by atoms with Crippen LogP contribution in [0.3, 0.4) is 0 Å². The third kappa shape index (κ3) is 5.69. The number of para-hydroxylation sites is 1. The predicted octanol–water partition coefficient (Wildman–Crippen LogP) is 2.61. The lowest BCUT2D eigenvalue weighted by Crippen LogP contribution is -2.51. The van der Waals surface area contributed by atoms with Gasteiger partial charge in [-0.2, -0.15) is 0 Å². The molecule has 1 atom stereocenters. The number of carbonyl (C=O) groups is 3. The number of nitrogens with one attached hydrogen (secondary N) is 2. The molecule has 9 heteroatoms. The molecule has 166 valence electrons. The maximum absolute atomic E-state index is 13.1. The van der Waals surface area contributed by atoms with E-state index < -0.39 is 11.9 Å². The number of carbonyl (C=O) groups excluding carboxylic acids is 3. The fraction of sp³-hybridized carbons (Fsp3) is 0.455. The fourth-order valence-electron chi connectivity index (χ4n) is 3.68. The second-order valence-corrected chi connectivity index (χ2v) is 8.18. The van der Waals surface area contributed by atoms with Crippen molar-refractivity contribution in [1.82, 2.24) is 20.3 Å². The Balaban J connectivity index is 1.71. The molecule has 1 fully saturated rings. The number of benzene rings is 1. The summed E-state index contributed by atoms with van der Waals surface area (Å²) in [5.74, 6) is -0.608. The van der Waals surface area contributed by atoms with Crippen LogP contribution in [0.1, 0.15) is 33.1 Å². The summed E-state index contributed by atoms with van der Waals surface area (Å²) in [4.78, 5) is 45.0. The quantitative estimate of drug-likeness (QED) is 0.464. The lowest BCUT2D eigenvalue weighted by atomic mass is 10.1. The van der Waals surface area contributed by atoms with Gasteiger partial charge in [-0.1, -0.05) is 32.0 Å². The maximum atomic E-state index is 13.1.